The lowest BCUT2D eigenvalue weighted by molar-refractivity contribution is -0.117. The first-order valence-corrected chi connectivity index (χ1v) is 7.77. The number of ether oxygens (including phenoxy) is 1. The van der Waals surface area contributed by atoms with E-state index in [0.717, 1.165) is 17.7 Å². The molecular weight excluding hydrogens is 282 g/mol. The van der Waals surface area contributed by atoms with Gasteiger partial charge in [-0.1, -0.05) is 31.2 Å². The third kappa shape index (κ3) is 4.20. The molecule has 21 heavy (non-hydrogen) atoms. The van der Waals surface area contributed by atoms with Crippen molar-refractivity contribution in [3.63, 3.8) is 0 Å². The average molecular weight is 301 g/mol. The summed E-state index contributed by atoms with van der Waals surface area (Å²) in [6, 6.07) is 11.7. The molecule has 0 spiro atoms. The number of methoxy groups -OCH3 is 1. The molecule has 0 radical (unpaired) electrons. The van der Waals surface area contributed by atoms with Gasteiger partial charge in [0.05, 0.1) is 13.2 Å². The molecule has 4 heteroatoms. The molecule has 0 fully saturated rings. The lowest BCUT2D eigenvalue weighted by Crippen LogP contribution is -2.25. The molecule has 1 aromatic carbocycles. The summed E-state index contributed by atoms with van der Waals surface area (Å²) in [5.41, 5.74) is 0.888. The third-order valence-corrected chi connectivity index (χ3v) is 4.15. The third-order valence-electron chi connectivity index (χ3n) is 3.16. The monoisotopic (exact) mass is 301 g/mol. The zero-order valence-electron chi connectivity index (χ0n) is 12.2. The van der Waals surface area contributed by atoms with Crippen LogP contribution < -0.4 is 10.1 Å². The van der Waals surface area contributed by atoms with Crippen molar-refractivity contribution >= 4 is 23.3 Å². The van der Waals surface area contributed by atoms with E-state index in [1.165, 1.54) is 4.88 Å². The van der Waals surface area contributed by atoms with Crippen LogP contribution in [-0.4, -0.2) is 13.0 Å². The molecule has 2 rings (SSSR count). The second kappa shape index (κ2) is 7.64. The Balaban J connectivity index is 2.02. The molecule has 1 atom stereocenters. The first kappa shape index (κ1) is 15.3. The van der Waals surface area contributed by atoms with E-state index in [4.69, 9.17) is 4.74 Å². The summed E-state index contributed by atoms with van der Waals surface area (Å²) in [6.07, 6.45) is 4.19. The maximum atomic E-state index is 12.0. The molecular formula is C17H19NO2S. The Kier molecular flexibility index (Phi) is 5.58. The number of carbonyl (C=O) groups is 1. The van der Waals surface area contributed by atoms with Gasteiger partial charge in [-0.25, -0.2) is 0 Å². The van der Waals surface area contributed by atoms with Crippen molar-refractivity contribution in [2.24, 2.45) is 0 Å². The fourth-order valence-electron chi connectivity index (χ4n) is 2.05. The maximum absolute atomic E-state index is 12.0. The van der Waals surface area contributed by atoms with E-state index < -0.39 is 0 Å². The number of rotatable bonds is 6. The van der Waals surface area contributed by atoms with E-state index in [-0.39, 0.29) is 11.9 Å². The molecule has 0 aliphatic heterocycles. The zero-order chi connectivity index (χ0) is 15.1. The SMILES string of the molecule is CCC(NC(=O)/C=C/c1ccccc1OC)c1cccs1. The molecule has 0 aliphatic carbocycles. The molecule has 0 saturated carbocycles. The molecule has 0 saturated heterocycles. The van der Waals surface area contributed by atoms with E-state index in [2.05, 4.69) is 12.2 Å². The van der Waals surface area contributed by atoms with Crippen LogP contribution in [0.3, 0.4) is 0 Å². The smallest absolute Gasteiger partial charge is 0.244 e. The van der Waals surface area contributed by atoms with Crippen LogP contribution in [0.2, 0.25) is 0 Å². The summed E-state index contributed by atoms with van der Waals surface area (Å²) in [4.78, 5) is 13.2. The molecule has 110 valence electrons. The van der Waals surface area contributed by atoms with Crippen molar-refractivity contribution in [3.05, 3.63) is 58.3 Å². The zero-order valence-corrected chi connectivity index (χ0v) is 13.0. The fourth-order valence-corrected chi connectivity index (χ4v) is 2.91. The van der Waals surface area contributed by atoms with Gasteiger partial charge in [-0.15, -0.1) is 11.3 Å². The van der Waals surface area contributed by atoms with E-state index in [1.54, 1.807) is 30.6 Å². The Morgan fingerprint density at radius 1 is 1.33 bits per heavy atom. The minimum Gasteiger partial charge on any atom is -0.496 e. The van der Waals surface area contributed by atoms with Crippen LogP contribution in [0.5, 0.6) is 5.75 Å². The van der Waals surface area contributed by atoms with E-state index in [0.29, 0.717) is 0 Å². The van der Waals surface area contributed by atoms with Gasteiger partial charge in [0.15, 0.2) is 0 Å². The summed E-state index contributed by atoms with van der Waals surface area (Å²) in [6.45, 7) is 2.06. The number of amides is 1. The Morgan fingerprint density at radius 3 is 2.81 bits per heavy atom. The number of carbonyl (C=O) groups excluding carboxylic acids is 1. The van der Waals surface area contributed by atoms with Gasteiger partial charge in [0.25, 0.3) is 0 Å². The van der Waals surface area contributed by atoms with Gasteiger partial charge in [-0.05, 0) is 30.0 Å². The van der Waals surface area contributed by atoms with Crippen LogP contribution in [0.4, 0.5) is 0 Å². The molecule has 1 amide bonds. The summed E-state index contributed by atoms with van der Waals surface area (Å²) in [5.74, 6) is 0.660. The van der Waals surface area contributed by atoms with Gasteiger partial charge in [0.1, 0.15) is 5.75 Å². The van der Waals surface area contributed by atoms with Crippen molar-refractivity contribution in [2.75, 3.05) is 7.11 Å². The predicted octanol–water partition coefficient (Wildman–Crippen LogP) is 4.04. The van der Waals surface area contributed by atoms with Gasteiger partial charge in [-0.3, -0.25) is 4.79 Å². The van der Waals surface area contributed by atoms with Gasteiger partial charge in [0.2, 0.25) is 5.91 Å². The Hall–Kier alpha value is -2.07. The van der Waals surface area contributed by atoms with Gasteiger partial charge in [0, 0.05) is 16.5 Å². The van der Waals surface area contributed by atoms with Crippen LogP contribution in [0.25, 0.3) is 6.08 Å². The highest BCUT2D eigenvalue weighted by molar-refractivity contribution is 7.10. The van der Waals surface area contributed by atoms with Crippen molar-refractivity contribution in [1.82, 2.24) is 5.32 Å². The number of benzene rings is 1. The maximum Gasteiger partial charge on any atom is 0.244 e. The van der Waals surface area contributed by atoms with Crippen molar-refractivity contribution in [2.45, 2.75) is 19.4 Å². The molecule has 0 bridgehead atoms. The topological polar surface area (TPSA) is 38.3 Å². The van der Waals surface area contributed by atoms with Crippen molar-refractivity contribution < 1.29 is 9.53 Å². The van der Waals surface area contributed by atoms with Crippen molar-refractivity contribution in [3.8, 4) is 5.75 Å². The first-order chi connectivity index (χ1) is 10.2. The van der Waals surface area contributed by atoms with E-state index >= 15 is 0 Å². The van der Waals surface area contributed by atoms with Crippen LogP contribution in [0.1, 0.15) is 29.8 Å². The molecule has 1 unspecified atom stereocenters. The molecule has 2 aromatic rings. The molecule has 1 aromatic heterocycles. The second-order valence-electron chi connectivity index (χ2n) is 4.56. The summed E-state index contributed by atoms with van der Waals surface area (Å²) in [7, 11) is 1.62. The number of nitrogens with one attached hydrogen (secondary N) is 1. The number of para-hydroxylation sites is 1. The molecule has 3 nitrogen and oxygen atoms in total. The van der Waals surface area contributed by atoms with E-state index in [9.17, 15) is 4.79 Å². The standard InChI is InChI=1S/C17H19NO2S/c1-3-14(16-9-6-12-21-16)18-17(19)11-10-13-7-4-5-8-15(13)20-2/h4-12,14H,3H2,1-2H3,(H,18,19)/b11-10+. The van der Waals surface area contributed by atoms with Crippen molar-refractivity contribution in [1.29, 1.82) is 0 Å². The lowest BCUT2D eigenvalue weighted by Gasteiger charge is -2.13. The molecule has 1 N–H and O–H groups in total. The van der Waals surface area contributed by atoms with Crippen LogP contribution in [0.15, 0.2) is 47.9 Å². The Bertz CT molecular complexity index is 605. The highest BCUT2D eigenvalue weighted by atomic mass is 32.1. The lowest BCUT2D eigenvalue weighted by atomic mass is 10.1. The minimum atomic E-state index is -0.0962. The van der Waals surface area contributed by atoms with E-state index in [1.807, 2.05) is 41.8 Å². The number of hydrogen-bond donors (Lipinski definition) is 1. The average Bonchev–Trinajstić information content (AvgIpc) is 3.05. The van der Waals surface area contributed by atoms with Crippen LogP contribution in [-0.2, 0) is 4.79 Å². The highest BCUT2D eigenvalue weighted by Gasteiger charge is 2.11. The quantitative estimate of drug-likeness (QED) is 0.818. The number of thiophene rings is 1. The van der Waals surface area contributed by atoms with Crippen LogP contribution in [0, 0.1) is 0 Å². The molecule has 1 heterocycles. The van der Waals surface area contributed by atoms with Gasteiger partial charge < -0.3 is 10.1 Å². The highest BCUT2D eigenvalue weighted by Crippen LogP contribution is 2.22. The fraction of sp³-hybridized carbons (Fsp3) is 0.235. The summed E-state index contributed by atoms with van der Waals surface area (Å²) in [5, 5.41) is 5.04. The Morgan fingerprint density at radius 2 is 2.14 bits per heavy atom. The minimum absolute atomic E-state index is 0.0693. The first-order valence-electron chi connectivity index (χ1n) is 6.89. The normalized spacial score (nSPS) is 12.3. The summed E-state index contributed by atoms with van der Waals surface area (Å²) >= 11 is 1.66. The Labute approximate surface area is 129 Å². The second-order valence-corrected chi connectivity index (χ2v) is 5.54. The predicted molar refractivity (Wildman–Crippen MR) is 87.5 cm³/mol. The van der Waals surface area contributed by atoms with Gasteiger partial charge >= 0.3 is 0 Å². The van der Waals surface area contributed by atoms with Crippen LogP contribution >= 0.6 is 11.3 Å². The summed E-state index contributed by atoms with van der Waals surface area (Å²) < 4.78 is 5.26. The molecule has 0 aliphatic rings. The van der Waals surface area contributed by atoms with Gasteiger partial charge in [-0.2, -0.15) is 0 Å². The largest absolute Gasteiger partial charge is 0.496 e. The number of hydrogen-bond acceptors (Lipinski definition) is 3.